The predicted octanol–water partition coefficient (Wildman–Crippen LogP) is 3.61. The van der Waals surface area contributed by atoms with Gasteiger partial charge < -0.3 is 5.32 Å². The van der Waals surface area contributed by atoms with Crippen LogP contribution in [0.5, 0.6) is 0 Å². The fourth-order valence-corrected chi connectivity index (χ4v) is 3.42. The second-order valence-electron chi connectivity index (χ2n) is 6.02. The van der Waals surface area contributed by atoms with E-state index >= 15 is 0 Å². The minimum absolute atomic E-state index is 0.0197. The first-order chi connectivity index (χ1) is 9.52. The van der Waals surface area contributed by atoms with Crippen molar-refractivity contribution in [3.05, 3.63) is 29.8 Å². The second kappa shape index (κ2) is 6.32. The summed E-state index contributed by atoms with van der Waals surface area (Å²) in [5.41, 5.74) is 1.00. The molecule has 1 atom stereocenters. The topological polar surface area (TPSA) is 52.9 Å². The van der Waals surface area contributed by atoms with Crippen molar-refractivity contribution in [3.8, 4) is 6.07 Å². The van der Waals surface area contributed by atoms with Crippen LogP contribution in [-0.2, 0) is 0 Å². The largest absolute Gasteiger partial charge is 0.349 e. The molecule has 1 amide bonds. The van der Waals surface area contributed by atoms with Crippen molar-refractivity contribution in [2.24, 2.45) is 5.41 Å². The van der Waals surface area contributed by atoms with Gasteiger partial charge in [-0.3, -0.25) is 4.79 Å². The summed E-state index contributed by atoms with van der Waals surface area (Å²) < 4.78 is 0. The fourth-order valence-electron chi connectivity index (χ4n) is 2.71. The molecule has 0 spiro atoms. The number of carbonyl (C=O) groups is 1. The van der Waals surface area contributed by atoms with Crippen LogP contribution in [0.25, 0.3) is 0 Å². The van der Waals surface area contributed by atoms with E-state index in [1.165, 1.54) is 11.8 Å². The Bertz CT molecular complexity index is 534. The van der Waals surface area contributed by atoms with Crippen molar-refractivity contribution in [2.75, 3.05) is 5.75 Å². The Kier molecular flexibility index (Phi) is 4.72. The molecule has 1 fully saturated rings. The summed E-state index contributed by atoms with van der Waals surface area (Å²) in [6.07, 6.45) is 3.24. The van der Waals surface area contributed by atoms with Gasteiger partial charge >= 0.3 is 0 Å². The number of nitrogens with one attached hydrogen (secondary N) is 1. The Morgan fingerprint density at radius 2 is 2.25 bits per heavy atom. The zero-order chi connectivity index (χ0) is 14.6. The Balaban J connectivity index is 2.04. The first-order valence-corrected chi connectivity index (χ1v) is 7.90. The molecule has 1 N–H and O–H groups in total. The van der Waals surface area contributed by atoms with Crippen LogP contribution < -0.4 is 5.32 Å². The van der Waals surface area contributed by atoms with Gasteiger partial charge in [-0.25, -0.2) is 0 Å². The predicted molar refractivity (Wildman–Crippen MR) is 81.7 cm³/mol. The van der Waals surface area contributed by atoms with Gasteiger partial charge in [-0.15, -0.1) is 11.8 Å². The van der Waals surface area contributed by atoms with E-state index in [4.69, 9.17) is 5.26 Å². The lowest BCUT2D eigenvalue weighted by atomic mass is 9.92. The summed E-state index contributed by atoms with van der Waals surface area (Å²) in [4.78, 5) is 13.3. The van der Waals surface area contributed by atoms with Crippen LogP contribution >= 0.6 is 11.8 Å². The molecule has 0 bridgehead atoms. The van der Waals surface area contributed by atoms with E-state index in [9.17, 15) is 4.79 Å². The SMILES string of the molecule is CC1(C)CCC(NC(=O)c2ccccc2SCC#N)C1. The highest BCUT2D eigenvalue weighted by Gasteiger charge is 2.32. The molecule has 106 valence electrons. The Morgan fingerprint density at radius 1 is 1.50 bits per heavy atom. The number of nitrogens with zero attached hydrogens (tertiary/aromatic N) is 1. The monoisotopic (exact) mass is 288 g/mol. The molecule has 1 aliphatic carbocycles. The van der Waals surface area contributed by atoms with Gasteiger partial charge in [0, 0.05) is 10.9 Å². The number of nitriles is 1. The van der Waals surface area contributed by atoms with Crippen LogP contribution in [0.1, 0.15) is 43.5 Å². The van der Waals surface area contributed by atoms with E-state index in [1.807, 2.05) is 24.3 Å². The summed E-state index contributed by atoms with van der Waals surface area (Å²) in [6.45, 7) is 4.49. The number of amides is 1. The molecule has 1 aliphatic rings. The Labute approximate surface area is 124 Å². The maximum Gasteiger partial charge on any atom is 0.252 e. The van der Waals surface area contributed by atoms with Crippen molar-refractivity contribution >= 4 is 17.7 Å². The molecule has 0 radical (unpaired) electrons. The van der Waals surface area contributed by atoms with Crippen molar-refractivity contribution in [1.82, 2.24) is 5.32 Å². The van der Waals surface area contributed by atoms with Crippen LogP contribution in [-0.4, -0.2) is 17.7 Å². The number of hydrogen-bond donors (Lipinski definition) is 1. The molecule has 4 heteroatoms. The molecule has 0 aliphatic heterocycles. The lowest BCUT2D eigenvalue weighted by Gasteiger charge is -2.18. The van der Waals surface area contributed by atoms with Crippen LogP contribution in [0.2, 0.25) is 0 Å². The average Bonchev–Trinajstić information content (AvgIpc) is 2.76. The number of hydrogen-bond acceptors (Lipinski definition) is 3. The molecule has 0 heterocycles. The third-order valence-corrected chi connectivity index (χ3v) is 4.67. The first-order valence-electron chi connectivity index (χ1n) is 6.91. The normalized spacial score (nSPS) is 20.4. The second-order valence-corrected chi connectivity index (χ2v) is 7.04. The van der Waals surface area contributed by atoms with Gasteiger partial charge in [-0.05, 0) is 36.8 Å². The maximum atomic E-state index is 12.4. The van der Waals surface area contributed by atoms with Crippen molar-refractivity contribution in [1.29, 1.82) is 5.26 Å². The quantitative estimate of drug-likeness (QED) is 0.861. The Morgan fingerprint density at radius 3 is 2.90 bits per heavy atom. The van der Waals surface area contributed by atoms with Gasteiger partial charge in [0.05, 0.1) is 17.4 Å². The maximum absolute atomic E-state index is 12.4. The minimum atomic E-state index is -0.0197. The van der Waals surface area contributed by atoms with E-state index in [1.54, 1.807) is 0 Å². The van der Waals surface area contributed by atoms with E-state index in [2.05, 4.69) is 25.2 Å². The van der Waals surface area contributed by atoms with Crippen molar-refractivity contribution in [3.63, 3.8) is 0 Å². The standard InChI is InChI=1S/C16H20N2OS/c1-16(2)8-7-12(11-16)18-15(19)13-5-3-4-6-14(13)20-10-9-17/h3-6,12H,7-8,10-11H2,1-2H3,(H,18,19). The van der Waals surface area contributed by atoms with E-state index in [0.29, 0.717) is 16.7 Å². The zero-order valence-electron chi connectivity index (χ0n) is 12.0. The third kappa shape index (κ3) is 3.77. The zero-order valence-corrected chi connectivity index (χ0v) is 12.8. The van der Waals surface area contributed by atoms with Crippen molar-refractivity contribution < 1.29 is 4.79 Å². The van der Waals surface area contributed by atoms with Gasteiger partial charge in [-0.2, -0.15) is 5.26 Å². The number of rotatable bonds is 4. The molecule has 3 nitrogen and oxygen atoms in total. The average molecular weight is 288 g/mol. The molecule has 1 unspecified atom stereocenters. The van der Waals surface area contributed by atoms with Crippen LogP contribution in [0, 0.1) is 16.7 Å². The van der Waals surface area contributed by atoms with Gasteiger partial charge in [0.2, 0.25) is 0 Å². The summed E-state index contributed by atoms with van der Waals surface area (Å²) in [6, 6.07) is 9.86. The Hall–Kier alpha value is -1.47. The summed E-state index contributed by atoms with van der Waals surface area (Å²) in [5.74, 6) is 0.342. The lowest BCUT2D eigenvalue weighted by molar-refractivity contribution is 0.0933. The molecule has 1 aromatic carbocycles. The minimum Gasteiger partial charge on any atom is -0.349 e. The van der Waals surface area contributed by atoms with Crippen molar-refractivity contribution in [2.45, 2.75) is 44.0 Å². The van der Waals surface area contributed by atoms with Gasteiger partial charge in [0.1, 0.15) is 0 Å². The van der Waals surface area contributed by atoms with Gasteiger partial charge in [-0.1, -0.05) is 26.0 Å². The molecule has 20 heavy (non-hydrogen) atoms. The van der Waals surface area contributed by atoms with Gasteiger partial charge in [0.25, 0.3) is 5.91 Å². The molecule has 0 aromatic heterocycles. The fraction of sp³-hybridized carbons (Fsp3) is 0.500. The van der Waals surface area contributed by atoms with Crippen LogP contribution in [0.3, 0.4) is 0 Å². The molecule has 1 aromatic rings. The van der Waals surface area contributed by atoms with E-state index in [-0.39, 0.29) is 11.9 Å². The summed E-state index contributed by atoms with van der Waals surface area (Å²) in [5, 5.41) is 11.8. The highest BCUT2D eigenvalue weighted by Crippen LogP contribution is 2.37. The number of thioether (sulfide) groups is 1. The molecular weight excluding hydrogens is 268 g/mol. The third-order valence-electron chi connectivity index (χ3n) is 3.73. The first kappa shape index (κ1) is 14.9. The van der Waals surface area contributed by atoms with Crippen LogP contribution in [0.15, 0.2) is 29.2 Å². The molecule has 0 saturated heterocycles. The summed E-state index contributed by atoms with van der Waals surface area (Å²) in [7, 11) is 0. The number of benzene rings is 1. The highest BCUT2D eigenvalue weighted by molar-refractivity contribution is 7.99. The van der Waals surface area contributed by atoms with Crippen LogP contribution in [0.4, 0.5) is 0 Å². The smallest absolute Gasteiger partial charge is 0.252 e. The van der Waals surface area contributed by atoms with Gasteiger partial charge in [0.15, 0.2) is 0 Å². The lowest BCUT2D eigenvalue weighted by Crippen LogP contribution is -2.33. The highest BCUT2D eigenvalue weighted by atomic mass is 32.2. The van der Waals surface area contributed by atoms with E-state index in [0.717, 1.165) is 24.2 Å². The molecule has 1 saturated carbocycles. The van der Waals surface area contributed by atoms with E-state index < -0.39 is 0 Å². The number of carbonyl (C=O) groups excluding carboxylic acids is 1. The summed E-state index contributed by atoms with van der Waals surface area (Å²) >= 11 is 1.41. The molecule has 2 rings (SSSR count). The molecular formula is C16H20N2OS.